The summed E-state index contributed by atoms with van der Waals surface area (Å²) in [4.78, 5) is 47.8. The Balaban J connectivity index is 0.870. The number of carbonyl (C=O) groups is 3. The van der Waals surface area contributed by atoms with Crippen molar-refractivity contribution in [2.75, 3.05) is 19.6 Å². The lowest BCUT2D eigenvalue weighted by Crippen LogP contribution is -2.39. The van der Waals surface area contributed by atoms with Gasteiger partial charge in [0.2, 0.25) is 11.8 Å². The smallest absolute Gasteiger partial charge is 0.315 e. The molecule has 2 aliphatic heterocycles. The number of amides is 3. The van der Waals surface area contributed by atoms with Crippen molar-refractivity contribution in [1.29, 1.82) is 0 Å². The standard InChI is InChI=1S/C45H47FN8O4/c1-26-34(14-13-32(38(26)46)24-48-42(57)43-50-44(53-58-43)45(2,3)4)39-36-23-33(25-47-40(36)52-51-39)29-11-9-28(10-12-29)30-18-21-54(22-19-30)20-17-27-5-7-31(8-6-27)35-15-16-37(55)49-41(35)56/h5-14,23,25,30,35H,15-22,24H2,1-4H3,(H,48,57)(H,47,51,52)(H,49,55,56). The maximum Gasteiger partial charge on any atom is 0.315 e. The van der Waals surface area contributed by atoms with Crippen LogP contribution in [0.4, 0.5) is 4.39 Å². The van der Waals surface area contributed by atoms with Crippen molar-refractivity contribution >= 4 is 28.8 Å². The number of likely N-dealkylation sites (tertiary alicyclic amines) is 1. The van der Waals surface area contributed by atoms with Crippen LogP contribution < -0.4 is 10.6 Å². The summed E-state index contributed by atoms with van der Waals surface area (Å²) in [6.07, 6.45) is 5.91. The van der Waals surface area contributed by atoms with E-state index < -0.39 is 11.7 Å². The lowest BCUT2D eigenvalue weighted by Gasteiger charge is -2.32. The summed E-state index contributed by atoms with van der Waals surface area (Å²) in [7, 11) is 0. The summed E-state index contributed by atoms with van der Waals surface area (Å²) in [5, 5.41) is 17.3. The fourth-order valence-corrected chi connectivity index (χ4v) is 7.94. The molecule has 3 N–H and O–H groups in total. The number of imide groups is 1. The SMILES string of the molecule is Cc1c(-c2[nH]nc3ncc(-c4ccc(C5CCN(CCc6ccc(C7CCC(=O)NC7=O)cc6)CC5)cc4)cc23)ccc(CNC(=O)c2nc(C(C)(C)C)no2)c1F. The number of rotatable bonds is 10. The van der Waals surface area contributed by atoms with Crippen molar-refractivity contribution in [1.82, 2.24) is 40.9 Å². The van der Waals surface area contributed by atoms with Crippen LogP contribution in [0.3, 0.4) is 0 Å². The number of aromatic amines is 1. The first-order valence-corrected chi connectivity index (χ1v) is 19.9. The lowest BCUT2D eigenvalue weighted by atomic mass is 9.88. The Kier molecular flexibility index (Phi) is 10.7. The molecule has 0 spiro atoms. The second-order valence-electron chi connectivity index (χ2n) is 16.5. The fraction of sp³-hybridized carbons (Fsp3) is 0.356. The van der Waals surface area contributed by atoms with Crippen LogP contribution in [0.25, 0.3) is 33.4 Å². The molecule has 0 saturated carbocycles. The van der Waals surface area contributed by atoms with Crippen molar-refractivity contribution in [2.45, 2.75) is 83.6 Å². The zero-order chi connectivity index (χ0) is 40.6. The summed E-state index contributed by atoms with van der Waals surface area (Å²) >= 11 is 0. The number of aromatic nitrogens is 5. The van der Waals surface area contributed by atoms with E-state index in [-0.39, 0.29) is 35.6 Å². The number of H-pyrrole nitrogens is 1. The van der Waals surface area contributed by atoms with Gasteiger partial charge in [-0.05, 0) is 85.5 Å². The van der Waals surface area contributed by atoms with Crippen molar-refractivity contribution < 1.29 is 23.3 Å². The minimum atomic E-state index is -0.568. The predicted molar refractivity (Wildman–Crippen MR) is 217 cm³/mol. The first-order valence-electron chi connectivity index (χ1n) is 19.9. The van der Waals surface area contributed by atoms with Gasteiger partial charge in [-0.3, -0.25) is 24.8 Å². The Hall–Kier alpha value is -6.08. The number of benzene rings is 3. The van der Waals surface area contributed by atoms with Crippen LogP contribution in [0.2, 0.25) is 0 Å². The number of hydrogen-bond acceptors (Lipinski definition) is 9. The Morgan fingerprint density at radius 1 is 0.966 bits per heavy atom. The molecule has 2 fully saturated rings. The molecule has 3 amide bonds. The number of piperidine rings is 2. The van der Waals surface area contributed by atoms with Crippen LogP contribution in [0, 0.1) is 12.7 Å². The van der Waals surface area contributed by atoms with Crippen molar-refractivity contribution in [2.24, 2.45) is 0 Å². The quantitative estimate of drug-likeness (QED) is 0.121. The number of pyridine rings is 1. The second kappa shape index (κ2) is 16.0. The predicted octanol–water partition coefficient (Wildman–Crippen LogP) is 7.29. The molecule has 1 unspecified atom stereocenters. The zero-order valence-corrected chi connectivity index (χ0v) is 33.2. The molecule has 3 aromatic carbocycles. The van der Waals surface area contributed by atoms with Crippen molar-refractivity contribution in [3.63, 3.8) is 0 Å². The Morgan fingerprint density at radius 3 is 2.41 bits per heavy atom. The van der Waals surface area contributed by atoms with Gasteiger partial charge in [-0.2, -0.15) is 10.1 Å². The van der Waals surface area contributed by atoms with Gasteiger partial charge in [0, 0.05) is 53.2 Å². The molecular weight excluding hydrogens is 736 g/mol. The first-order chi connectivity index (χ1) is 27.9. The van der Waals surface area contributed by atoms with Gasteiger partial charge in [0.15, 0.2) is 11.5 Å². The number of nitrogens with one attached hydrogen (secondary N) is 3. The molecule has 0 bridgehead atoms. The number of hydrogen-bond donors (Lipinski definition) is 3. The highest BCUT2D eigenvalue weighted by molar-refractivity contribution is 6.01. The van der Waals surface area contributed by atoms with Gasteiger partial charge in [-0.15, -0.1) is 0 Å². The van der Waals surface area contributed by atoms with Gasteiger partial charge in [0.25, 0.3) is 0 Å². The molecule has 13 heteroatoms. The molecule has 6 aromatic rings. The average Bonchev–Trinajstić information content (AvgIpc) is 3.90. The summed E-state index contributed by atoms with van der Waals surface area (Å²) in [6.45, 7) is 10.5. The van der Waals surface area contributed by atoms with Crippen LogP contribution in [0.5, 0.6) is 0 Å². The average molecular weight is 783 g/mol. The third-order valence-corrected chi connectivity index (χ3v) is 11.5. The maximum atomic E-state index is 15.7. The summed E-state index contributed by atoms with van der Waals surface area (Å²) in [5.74, 6) is -0.882. The topological polar surface area (TPSA) is 159 Å². The molecule has 0 aliphatic carbocycles. The van der Waals surface area contributed by atoms with E-state index in [0.29, 0.717) is 52.6 Å². The molecule has 298 valence electrons. The Morgan fingerprint density at radius 2 is 1.71 bits per heavy atom. The summed E-state index contributed by atoms with van der Waals surface area (Å²) in [6, 6.07) is 22.5. The van der Waals surface area contributed by atoms with Gasteiger partial charge < -0.3 is 14.7 Å². The van der Waals surface area contributed by atoms with Crippen LogP contribution in [-0.4, -0.2) is 67.6 Å². The molecule has 8 rings (SSSR count). The van der Waals surface area contributed by atoms with E-state index in [9.17, 15) is 14.4 Å². The number of fused-ring (bicyclic) bond motifs is 1. The third-order valence-electron chi connectivity index (χ3n) is 11.5. The van der Waals surface area contributed by atoms with Crippen molar-refractivity contribution in [3.05, 3.63) is 118 Å². The van der Waals surface area contributed by atoms with E-state index in [0.717, 1.165) is 61.0 Å². The van der Waals surface area contributed by atoms with E-state index >= 15 is 4.39 Å². The van der Waals surface area contributed by atoms with E-state index in [1.807, 2.05) is 51.2 Å². The van der Waals surface area contributed by atoms with Crippen LogP contribution >= 0.6 is 0 Å². The highest BCUT2D eigenvalue weighted by atomic mass is 19.1. The largest absolute Gasteiger partial charge is 0.344 e. The monoisotopic (exact) mass is 782 g/mol. The number of nitrogens with zero attached hydrogens (tertiary/aromatic N) is 5. The van der Waals surface area contributed by atoms with Crippen LogP contribution in [-0.2, 0) is 28.0 Å². The molecule has 2 aliphatic rings. The van der Waals surface area contributed by atoms with Gasteiger partial charge in [0.1, 0.15) is 5.82 Å². The zero-order valence-electron chi connectivity index (χ0n) is 33.2. The normalized spacial score (nSPS) is 16.8. The molecule has 3 aromatic heterocycles. The minimum absolute atomic E-state index is 0.0462. The van der Waals surface area contributed by atoms with Gasteiger partial charge in [-0.25, -0.2) is 9.37 Å². The van der Waals surface area contributed by atoms with Crippen molar-refractivity contribution in [3.8, 4) is 22.4 Å². The number of halogens is 1. The van der Waals surface area contributed by atoms with E-state index in [2.05, 4.69) is 77.3 Å². The van der Waals surface area contributed by atoms with E-state index in [4.69, 9.17) is 4.52 Å². The maximum absolute atomic E-state index is 15.7. The van der Waals surface area contributed by atoms with Gasteiger partial charge in [0.05, 0.1) is 11.6 Å². The fourth-order valence-electron chi connectivity index (χ4n) is 7.94. The highest BCUT2D eigenvalue weighted by Gasteiger charge is 2.28. The Labute approximate surface area is 336 Å². The molecule has 1 atom stereocenters. The molecule has 12 nitrogen and oxygen atoms in total. The third kappa shape index (κ3) is 8.17. The summed E-state index contributed by atoms with van der Waals surface area (Å²) < 4.78 is 20.9. The second-order valence-corrected chi connectivity index (χ2v) is 16.5. The highest BCUT2D eigenvalue weighted by Crippen LogP contribution is 2.35. The Bertz CT molecular complexity index is 2480. The van der Waals surface area contributed by atoms with Gasteiger partial charge >= 0.3 is 11.8 Å². The lowest BCUT2D eigenvalue weighted by molar-refractivity contribution is -0.134. The molecule has 58 heavy (non-hydrogen) atoms. The molecule has 2 saturated heterocycles. The van der Waals surface area contributed by atoms with Gasteiger partial charge in [-0.1, -0.05) is 86.6 Å². The summed E-state index contributed by atoms with van der Waals surface area (Å²) in [5.41, 5.74) is 7.77. The first kappa shape index (κ1) is 38.8. The van der Waals surface area contributed by atoms with Crippen LogP contribution in [0.1, 0.15) is 103 Å². The van der Waals surface area contributed by atoms with E-state index in [1.54, 1.807) is 13.0 Å². The molecular formula is C45H47FN8O4. The molecule has 5 heterocycles. The number of carbonyl (C=O) groups excluding carboxylic acids is 3. The van der Waals surface area contributed by atoms with Crippen LogP contribution in [0.15, 0.2) is 77.4 Å². The van der Waals surface area contributed by atoms with E-state index in [1.165, 1.54) is 11.1 Å². The molecule has 0 radical (unpaired) electrons. The minimum Gasteiger partial charge on any atom is -0.344 e.